The highest BCUT2D eigenvalue weighted by atomic mass is 32.1. The van der Waals surface area contributed by atoms with Gasteiger partial charge in [-0.15, -0.1) is 11.3 Å². The van der Waals surface area contributed by atoms with Crippen LogP contribution in [-0.4, -0.2) is 16.1 Å². The van der Waals surface area contributed by atoms with E-state index in [-0.39, 0.29) is 5.91 Å². The van der Waals surface area contributed by atoms with E-state index in [1.807, 2.05) is 11.4 Å². The van der Waals surface area contributed by atoms with Crippen LogP contribution in [0.2, 0.25) is 0 Å². The van der Waals surface area contributed by atoms with Crippen LogP contribution in [0.25, 0.3) is 0 Å². The monoisotopic (exact) mass is 193 g/mol. The van der Waals surface area contributed by atoms with Crippen molar-refractivity contribution in [3.63, 3.8) is 0 Å². The van der Waals surface area contributed by atoms with Crippen LogP contribution in [0.5, 0.6) is 0 Å². The van der Waals surface area contributed by atoms with Crippen molar-refractivity contribution in [1.82, 2.24) is 10.2 Å². The predicted molar refractivity (Wildman–Crippen MR) is 50.9 cm³/mol. The summed E-state index contributed by atoms with van der Waals surface area (Å²) in [4.78, 5) is 12.1. The SMILES string of the molecule is O=C(Nc1cn[nH]c1)c1cccs1. The molecule has 2 heterocycles. The maximum atomic E-state index is 11.4. The second-order valence-electron chi connectivity index (χ2n) is 2.42. The molecule has 0 bridgehead atoms. The first-order chi connectivity index (χ1) is 6.36. The topological polar surface area (TPSA) is 57.8 Å². The van der Waals surface area contributed by atoms with Crippen LogP contribution in [0, 0.1) is 0 Å². The van der Waals surface area contributed by atoms with Crippen LogP contribution in [0.4, 0.5) is 5.69 Å². The van der Waals surface area contributed by atoms with Crippen molar-refractivity contribution in [3.05, 3.63) is 34.8 Å². The molecule has 0 aliphatic carbocycles. The van der Waals surface area contributed by atoms with E-state index in [0.29, 0.717) is 10.6 Å². The Morgan fingerprint density at radius 3 is 3.15 bits per heavy atom. The third-order valence-corrected chi connectivity index (χ3v) is 2.37. The van der Waals surface area contributed by atoms with E-state index in [1.165, 1.54) is 11.3 Å². The minimum atomic E-state index is -0.101. The normalized spacial score (nSPS) is 9.85. The quantitative estimate of drug-likeness (QED) is 0.763. The minimum absolute atomic E-state index is 0.101. The second kappa shape index (κ2) is 3.40. The largest absolute Gasteiger partial charge is 0.319 e. The Morgan fingerprint density at radius 2 is 2.54 bits per heavy atom. The first-order valence-corrected chi connectivity index (χ1v) is 4.58. The van der Waals surface area contributed by atoms with Crippen LogP contribution >= 0.6 is 11.3 Å². The molecule has 0 saturated carbocycles. The lowest BCUT2D eigenvalue weighted by molar-refractivity contribution is 0.103. The zero-order chi connectivity index (χ0) is 9.10. The fraction of sp³-hybridized carbons (Fsp3) is 0. The number of nitrogens with one attached hydrogen (secondary N) is 2. The third kappa shape index (κ3) is 1.75. The second-order valence-corrected chi connectivity index (χ2v) is 3.37. The maximum Gasteiger partial charge on any atom is 0.265 e. The average Bonchev–Trinajstić information content (AvgIpc) is 2.74. The third-order valence-electron chi connectivity index (χ3n) is 1.50. The zero-order valence-corrected chi connectivity index (χ0v) is 7.47. The number of hydrogen-bond acceptors (Lipinski definition) is 3. The zero-order valence-electron chi connectivity index (χ0n) is 6.65. The van der Waals surface area contributed by atoms with E-state index < -0.39 is 0 Å². The number of aromatic nitrogens is 2. The highest BCUT2D eigenvalue weighted by Crippen LogP contribution is 2.11. The summed E-state index contributed by atoms with van der Waals surface area (Å²) in [5, 5.41) is 10.9. The van der Waals surface area contributed by atoms with Crippen LogP contribution < -0.4 is 5.32 Å². The fourth-order valence-corrected chi connectivity index (χ4v) is 1.54. The lowest BCUT2D eigenvalue weighted by Gasteiger charge is -1.97. The Hall–Kier alpha value is -1.62. The molecule has 2 aromatic rings. The molecule has 13 heavy (non-hydrogen) atoms. The minimum Gasteiger partial charge on any atom is -0.319 e. The van der Waals surface area contributed by atoms with E-state index in [1.54, 1.807) is 18.5 Å². The summed E-state index contributed by atoms with van der Waals surface area (Å²) < 4.78 is 0. The molecule has 0 radical (unpaired) electrons. The van der Waals surface area contributed by atoms with Gasteiger partial charge in [-0.25, -0.2) is 0 Å². The van der Waals surface area contributed by atoms with Gasteiger partial charge in [0.25, 0.3) is 5.91 Å². The summed E-state index contributed by atoms with van der Waals surface area (Å²) in [5.41, 5.74) is 0.679. The lowest BCUT2D eigenvalue weighted by Crippen LogP contribution is -2.09. The molecule has 2 aromatic heterocycles. The number of amides is 1. The Kier molecular flexibility index (Phi) is 2.09. The summed E-state index contributed by atoms with van der Waals surface area (Å²) >= 11 is 1.41. The van der Waals surface area contributed by atoms with E-state index in [0.717, 1.165) is 0 Å². The van der Waals surface area contributed by atoms with Crippen molar-refractivity contribution in [2.24, 2.45) is 0 Å². The number of carbonyl (C=O) groups excluding carboxylic acids is 1. The molecule has 0 spiro atoms. The number of carbonyl (C=O) groups is 1. The molecule has 0 unspecified atom stereocenters. The number of thiophene rings is 1. The molecule has 0 aliphatic heterocycles. The van der Waals surface area contributed by atoms with Crippen molar-refractivity contribution in [2.45, 2.75) is 0 Å². The van der Waals surface area contributed by atoms with E-state index in [4.69, 9.17) is 0 Å². The number of hydrogen-bond donors (Lipinski definition) is 2. The molecule has 1 amide bonds. The van der Waals surface area contributed by atoms with Crippen LogP contribution in [0.15, 0.2) is 29.9 Å². The van der Waals surface area contributed by atoms with Gasteiger partial charge < -0.3 is 5.32 Å². The van der Waals surface area contributed by atoms with Gasteiger partial charge in [-0.2, -0.15) is 5.10 Å². The molecular formula is C8H7N3OS. The van der Waals surface area contributed by atoms with Gasteiger partial charge in [0.05, 0.1) is 16.8 Å². The van der Waals surface area contributed by atoms with E-state index in [9.17, 15) is 4.79 Å². The van der Waals surface area contributed by atoms with Crippen molar-refractivity contribution in [1.29, 1.82) is 0 Å². The molecule has 4 nitrogen and oxygen atoms in total. The van der Waals surface area contributed by atoms with Crippen LogP contribution in [0.3, 0.4) is 0 Å². The van der Waals surface area contributed by atoms with Crippen LogP contribution in [-0.2, 0) is 0 Å². The molecule has 2 N–H and O–H groups in total. The van der Waals surface area contributed by atoms with Gasteiger partial charge in [0, 0.05) is 6.20 Å². The van der Waals surface area contributed by atoms with Crippen molar-refractivity contribution in [3.8, 4) is 0 Å². The maximum absolute atomic E-state index is 11.4. The predicted octanol–water partition coefficient (Wildman–Crippen LogP) is 1.72. The summed E-state index contributed by atoms with van der Waals surface area (Å²) in [6.07, 6.45) is 3.19. The number of aromatic amines is 1. The Bertz CT molecular complexity index is 379. The molecule has 0 aromatic carbocycles. The summed E-state index contributed by atoms with van der Waals surface area (Å²) in [7, 11) is 0. The summed E-state index contributed by atoms with van der Waals surface area (Å²) in [5.74, 6) is -0.101. The molecule has 0 aliphatic rings. The highest BCUT2D eigenvalue weighted by Gasteiger charge is 2.06. The van der Waals surface area contributed by atoms with Crippen molar-refractivity contribution < 1.29 is 4.79 Å². The molecule has 0 fully saturated rings. The van der Waals surface area contributed by atoms with Crippen LogP contribution in [0.1, 0.15) is 9.67 Å². The number of anilines is 1. The Balaban J connectivity index is 2.08. The first-order valence-electron chi connectivity index (χ1n) is 3.70. The molecular weight excluding hydrogens is 186 g/mol. The Morgan fingerprint density at radius 1 is 1.62 bits per heavy atom. The molecule has 0 saturated heterocycles. The fourth-order valence-electron chi connectivity index (χ4n) is 0.920. The van der Waals surface area contributed by atoms with Gasteiger partial charge in [0.1, 0.15) is 0 Å². The summed E-state index contributed by atoms with van der Waals surface area (Å²) in [6, 6.07) is 3.62. The smallest absolute Gasteiger partial charge is 0.265 e. The van der Waals surface area contributed by atoms with Gasteiger partial charge in [-0.3, -0.25) is 9.89 Å². The van der Waals surface area contributed by atoms with Gasteiger partial charge in [0.15, 0.2) is 0 Å². The molecule has 2 rings (SSSR count). The number of H-pyrrole nitrogens is 1. The molecule has 5 heteroatoms. The number of nitrogens with zero attached hydrogens (tertiary/aromatic N) is 1. The first kappa shape index (κ1) is 8.00. The van der Waals surface area contributed by atoms with E-state index in [2.05, 4.69) is 15.5 Å². The summed E-state index contributed by atoms with van der Waals surface area (Å²) in [6.45, 7) is 0. The average molecular weight is 193 g/mol. The van der Waals surface area contributed by atoms with Gasteiger partial charge in [-0.05, 0) is 11.4 Å². The number of rotatable bonds is 2. The molecule has 66 valence electrons. The van der Waals surface area contributed by atoms with Gasteiger partial charge in [-0.1, -0.05) is 6.07 Å². The van der Waals surface area contributed by atoms with Crippen molar-refractivity contribution >= 4 is 22.9 Å². The highest BCUT2D eigenvalue weighted by molar-refractivity contribution is 7.12. The van der Waals surface area contributed by atoms with Gasteiger partial charge in [0.2, 0.25) is 0 Å². The van der Waals surface area contributed by atoms with E-state index >= 15 is 0 Å². The van der Waals surface area contributed by atoms with Gasteiger partial charge >= 0.3 is 0 Å². The Labute approximate surface area is 78.6 Å². The standard InChI is InChI=1S/C8H7N3OS/c12-8(7-2-1-3-13-7)11-6-4-9-10-5-6/h1-5H,(H,9,10)(H,11,12). The molecule has 0 atom stereocenters. The lowest BCUT2D eigenvalue weighted by atomic mass is 10.4. The van der Waals surface area contributed by atoms with Crippen molar-refractivity contribution in [2.75, 3.05) is 5.32 Å².